The summed E-state index contributed by atoms with van der Waals surface area (Å²) in [5, 5.41) is 8.12. The van der Waals surface area contributed by atoms with Crippen LogP contribution in [0.3, 0.4) is 0 Å². The quantitative estimate of drug-likeness (QED) is 0.932. The molecule has 0 aliphatic heterocycles. The van der Waals surface area contributed by atoms with Crippen molar-refractivity contribution in [3.05, 3.63) is 40.7 Å². The van der Waals surface area contributed by atoms with Crippen molar-refractivity contribution < 1.29 is 0 Å². The Hall–Kier alpha value is -1.61. The molecule has 0 bridgehead atoms. The average Bonchev–Trinajstić information content (AvgIpc) is 3.06. The maximum Gasteiger partial charge on any atom is 0.0703 e. The van der Waals surface area contributed by atoms with Crippen molar-refractivity contribution in [1.29, 1.82) is 0 Å². The van der Waals surface area contributed by atoms with Gasteiger partial charge in [-0.05, 0) is 49.4 Å². The van der Waals surface area contributed by atoms with Crippen LogP contribution >= 0.6 is 0 Å². The van der Waals surface area contributed by atoms with Gasteiger partial charge in [-0.25, -0.2) is 0 Å². The van der Waals surface area contributed by atoms with Gasteiger partial charge in [0.25, 0.3) is 0 Å². The highest BCUT2D eigenvalue weighted by Gasteiger charge is 2.23. The molecule has 0 radical (unpaired) electrons. The van der Waals surface area contributed by atoms with Crippen molar-refractivity contribution in [2.45, 2.75) is 45.6 Å². The number of rotatable bonds is 4. The minimum absolute atomic E-state index is 0.527. The topological polar surface area (TPSA) is 29.9 Å². The van der Waals surface area contributed by atoms with Gasteiger partial charge in [0, 0.05) is 24.3 Å². The fourth-order valence-electron chi connectivity index (χ4n) is 3.68. The maximum absolute atomic E-state index is 4.71. The van der Waals surface area contributed by atoms with Crippen molar-refractivity contribution >= 4 is 0 Å². The number of nitrogens with one attached hydrogen (secondary N) is 1. The minimum atomic E-state index is 0.527. The lowest BCUT2D eigenvalue weighted by molar-refractivity contribution is 0.590. The molecule has 1 unspecified atom stereocenters. The monoisotopic (exact) mass is 283 g/mol. The van der Waals surface area contributed by atoms with Gasteiger partial charge in [-0.3, -0.25) is 4.68 Å². The van der Waals surface area contributed by atoms with Gasteiger partial charge in [-0.2, -0.15) is 5.10 Å². The highest BCUT2D eigenvalue weighted by atomic mass is 15.3. The lowest BCUT2D eigenvalue weighted by Crippen LogP contribution is -2.12. The van der Waals surface area contributed by atoms with Crippen molar-refractivity contribution in [2.24, 2.45) is 7.05 Å². The molecule has 1 atom stereocenters. The SMILES string of the molecule is CCc1nn(C)c(CC)c1-c1ccc2c(c1)CCC2NC. The van der Waals surface area contributed by atoms with Gasteiger partial charge >= 0.3 is 0 Å². The van der Waals surface area contributed by atoms with E-state index in [1.807, 2.05) is 0 Å². The summed E-state index contributed by atoms with van der Waals surface area (Å²) in [5.74, 6) is 0. The van der Waals surface area contributed by atoms with Gasteiger partial charge in [-0.15, -0.1) is 0 Å². The van der Waals surface area contributed by atoms with E-state index in [0.29, 0.717) is 6.04 Å². The molecule has 3 rings (SSSR count). The molecule has 1 aromatic carbocycles. The molecule has 1 aromatic heterocycles. The number of hydrogen-bond acceptors (Lipinski definition) is 2. The van der Waals surface area contributed by atoms with Crippen LogP contribution in [0.4, 0.5) is 0 Å². The smallest absolute Gasteiger partial charge is 0.0703 e. The molecule has 3 heteroatoms. The summed E-state index contributed by atoms with van der Waals surface area (Å²) in [4.78, 5) is 0. The number of nitrogens with zero attached hydrogens (tertiary/aromatic N) is 2. The summed E-state index contributed by atoms with van der Waals surface area (Å²) in [5.41, 5.74) is 8.24. The molecule has 0 saturated heterocycles. The van der Waals surface area contributed by atoms with Gasteiger partial charge < -0.3 is 5.32 Å². The van der Waals surface area contributed by atoms with E-state index in [0.717, 1.165) is 12.8 Å². The van der Waals surface area contributed by atoms with Crippen molar-refractivity contribution in [3.63, 3.8) is 0 Å². The number of aromatic nitrogens is 2. The molecular weight excluding hydrogens is 258 g/mol. The lowest BCUT2D eigenvalue weighted by atomic mass is 9.96. The number of fused-ring (bicyclic) bond motifs is 1. The second kappa shape index (κ2) is 5.64. The minimum Gasteiger partial charge on any atom is -0.313 e. The van der Waals surface area contributed by atoms with Crippen LogP contribution < -0.4 is 5.32 Å². The largest absolute Gasteiger partial charge is 0.313 e. The molecule has 2 aromatic rings. The van der Waals surface area contributed by atoms with E-state index in [4.69, 9.17) is 5.10 Å². The summed E-state index contributed by atoms with van der Waals surface area (Å²) in [6.45, 7) is 4.40. The molecular formula is C18H25N3. The second-order valence-electron chi connectivity index (χ2n) is 5.89. The van der Waals surface area contributed by atoms with Crippen molar-refractivity contribution in [3.8, 4) is 11.1 Å². The fourth-order valence-corrected chi connectivity index (χ4v) is 3.68. The Morgan fingerprint density at radius 1 is 1.29 bits per heavy atom. The Morgan fingerprint density at radius 2 is 2.10 bits per heavy atom. The van der Waals surface area contributed by atoms with Crippen LogP contribution in [0.5, 0.6) is 0 Å². The second-order valence-corrected chi connectivity index (χ2v) is 5.89. The normalized spacial score (nSPS) is 17.2. The molecule has 0 amide bonds. The maximum atomic E-state index is 4.71. The summed E-state index contributed by atoms with van der Waals surface area (Å²) < 4.78 is 2.05. The van der Waals surface area contributed by atoms with Crippen LogP contribution in [0.15, 0.2) is 18.2 Å². The van der Waals surface area contributed by atoms with Crippen LogP contribution in [-0.4, -0.2) is 16.8 Å². The first-order valence-corrected chi connectivity index (χ1v) is 8.04. The summed E-state index contributed by atoms with van der Waals surface area (Å²) in [6, 6.07) is 7.51. The number of aryl methyl sites for hydroxylation is 3. The van der Waals surface area contributed by atoms with Gasteiger partial charge in [0.2, 0.25) is 0 Å². The van der Waals surface area contributed by atoms with Crippen LogP contribution in [0.2, 0.25) is 0 Å². The zero-order chi connectivity index (χ0) is 15.0. The highest BCUT2D eigenvalue weighted by molar-refractivity contribution is 5.70. The third-order valence-corrected chi connectivity index (χ3v) is 4.77. The molecule has 1 N–H and O–H groups in total. The Balaban J connectivity index is 2.10. The van der Waals surface area contributed by atoms with Crippen LogP contribution in [0.1, 0.15) is 48.8 Å². The van der Waals surface area contributed by atoms with Crippen LogP contribution in [-0.2, 0) is 26.3 Å². The molecule has 1 aliphatic carbocycles. The molecule has 21 heavy (non-hydrogen) atoms. The Kier molecular flexibility index (Phi) is 3.85. The van der Waals surface area contributed by atoms with Crippen LogP contribution in [0, 0.1) is 0 Å². The van der Waals surface area contributed by atoms with E-state index in [-0.39, 0.29) is 0 Å². The van der Waals surface area contributed by atoms with E-state index in [2.05, 4.69) is 56.1 Å². The summed E-state index contributed by atoms with van der Waals surface area (Å²) in [7, 11) is 4.12. The standard InChI is InChI=1S/C18H25N3/c1-5-15-18(17(6-2)21(4)20-15)13-7-9-14-12(11-13)8-10-16(14)19-3/h7,9,11,16,19H,5-6,8,10H2,1-4H3. The van der Waals surface area contributed by atoms with E-state index in [9.17, 15) is 0 Å². The van der Waals surface area contributed by atoms with Gasteiger partial charge in [0.1, 0.15) is 0 Å². The van der Waals surface area contributed by atoms with E-state index < -0.39 is 0 Å². The predicted molar refractivity (Wildman–Crippen MR) is 87.5 cm³/mol. The first-order valence-electron chi connectivity index (χ1n) is 8.04. The van der Waals surface area contributed by atoms with E-state index in [1.54, 1.807) is 0 Å². The molecule has 1 heterocycles. The number of hydrogen-bond donors (Lipinski definition) is 1. The van der Waals surface area contributed by atoms with Crippen molar-refractivity contribution in [2.75, 3.05) is 7.05 Å². The number of benzene rings is 1. The van der Waals surface area contributed by atoms with Crippen LogP contribution in [0.25, 0.3) is 11.1 Å². The van der Waals surface area contributed by atoms with Crippen molar-refractivity contribution in [1.82, 2.24) is 15.1 Å². The Bertz CT molecular complexity index is 655. The fraction of sp³-hybridized carbons (Fsp3) is 0.500. The van der Waals surface area contributed by atoms with Gasteiger partial charge in [0.05, 0.1) is 5.69 Å². The zero-order valence-corrected chi connectivity index (χ0v) is 13.5. The third kappa shape index (κ3) is 2.30. The molecule has 0 fully saturated rings. The Labute approximate surface area is 127 Å². The predicted octanol–water partition coefficient (Wildman–Crippen LogP) is 3.42. The molecule has 112 valence electrons. The van der Waals surface area contributed by atoms with E-state index >= 15 is 0 Å². The first kappa shape index (κ1) is 14.3. The molecule has 0 spiro atoms. The first-order chi connectivity index (χ1) is 10.2. The van der Waals surface area contributed by atoms with Gasteiger partial charge in [-0.1, -0.05) is 32.0 Å². The van der Waals surface area contributed by atoms with Gasteiger partial charge in [0.15, 0.2) is 0 Å². The Morgan fingerprint density at radius 3 is 2.76 bits per heavy atom. The lowest BCUT2D eigenvalue weighted by Gasteiger charge is -2.11. The average molecular weight is 283 g/mol. The summed E-state index contributed by atoms with van der Waals surface area (Å²) >= 11 is 0. The molecule has 0 saturated carbocycles. The summed E-state index contributed by atoms with van der Waals surface area (Å²) in [6.07, 6.45) is 4.40. The molecule has 1 aliphatic rings. The highest BCUT2D eigenvalue weighted by Crippen LogP contribution is 2.36. The van der Waals surface area contributed by atoms with E-state index in [1.165, 1.54) is 46.5 Å². The third-order valence-electron chi connectivity index (χ3n) is 4.77. The molecule has 3 nitrogen and oxygen atoms in total. The zero-order valence-electron chi connectivity index (χ0n) is 13.5.